The predicted octanol–water partition coefficient (Wildman–Crippen LogP) is 4.33. The molecule has 0 aromatic rings. The molecule has 0 aliphatic heterocycles. The Bertz CT molecular complexity index is 245. The first kappa shape index (κ1) is 16.4. The van der Waals surface area contributed by atoms with E-state index in [1.54, 1.807) is 48.5 Å². The third-order valence-electron chi connectivity index (χ3n) is 1.05. The van der Waals surface area contributed by atoms with Crippen molar-refractivity contribution in [3.05, 3.63) is 0 Å². The van der Waals surface area contributed by atoms with Crippen LogP contribution in [0.3, 0.4) is 0 Å². The molecule has 0 spiro atoms. The molecule has 0 saturated carbocycles. The van der Waals surface area contributed by atoms with Crippen molar-refractivity contribution in [1.29, 1.82) is 0 Å². The number of hydrogen-bond acceptors (Lipinski definition) is 4. The summed E-state index contributed by atoms with van der Waals surface area (Å²) in [5, 5.41) is 0. The van der Waals surface area contributed by atoms with Crippen LogP contribution in [-0.2, 0) is 18.1 Å². The molecule has 98 valence electrons. The highest BCUT2D eigenvalue weighted by Gasteiger charge is 2.38. The van der Waals surface area contributed by atoms with E-state index < -0.39 is 24.6 Å². The van der Waals surface area contributed by atoms with E-state index in [0.29, 0.717) is 0 Å². The van der Waals surface area contributed by atoms with Crippen molar-refractivity contribution < 1.29 is 18.1 Å². The Morgan fingerprint density at radius 1 is 1.00 bits per heavy atom. The number of hydrogen-bond donors (Lipinski definition) is 0. The molecule has 4 nitrogen and oxygen atoms in total. The van der Waals surface area contributed by atoms with Gasteiger partial charge in [-0.05, 0) is 48.5 Å². The van der Waals surface area contributed by atoms with Gasteiger partial charge in [0.25, 0.3) is 0 Å². The van der Waals surface area contributed by atoms with E-state index in [1.165, 1.54) is 0 Å². The molecular weight excluding hydrogens is 251 g/mol. The van der Waals surface area contributed by atoms with Gasteiger partial charge in [0.15, 0.2) is 0 Å². The van der Waals surface area contributed by atoms with E-state index in [2.05, 4.69) is 0 Å². The highest BCUT2D eigenvalue weighted by atomic mass is 35.5. The van der Waals surface area contributed by atoms with Crippen molar-refractivity contribution in [2.24, 2.45) is 0 Å². The van der Waals surface area contributed by atoms with Gasteiger partial charge in [0.05, 0.1) is 11.2 Å². The summed E-state index contributed by atoms with van der Waals surface area (Å²) in [5.74, 6) is 0. The maximum absolute atomic E-state index is 12.3. The number of rotatable bonds is 4. The van der Waals surface area contributed by atoms with E-state index in [4.69, 9.17) is 25.2 Å². The van der Waals surface area contributed by atoms with E-state index in [1.807, 2.05) is 0 Å². The Balaban J connectivity index is 4.83. The zero-order valence-corrected chi connectivity index (χ0v) is 12.7. The van der Waals surface area contributed by atoms with Gasteiger partial charge < -0.3 is 0 Å². The number of phosphoric ester groups is 1. The topological polar surface area (TPSA) is 44.8 Å². The molecule has 0 rings (SSSR count). The maximum Gasteiger partial charge on any atom is 0.477 e. The fraction of sp³-hybridized carbons (Fsp3) is 1.00. The molecule has 0 radical (unpaired) electrons. The van der Waals surface area contributed by atoms with Crippen molar-refractivity contribution in [2.75, 3.05) is 0 Å². The molecule has 0 aliphatic carbocycles. The molecule has 0 aliphatic rings. The lowest BCUT2D eigenvalue weighted by Gasteiger charge is -2.31. The van der Waals surface area contributed by atoms with Gasteiger partial charge in [0.2, 0.25) is 0 Å². The SMILES string of the molecule is CC(Cl)OP(=O)(OC(C)(C)C)OC(C)(C)C. The lowest BCUT2D eigenvalue weighted by atomic mass is 10.2. The average Bonchev–Trinajstić information content (AvgIpc) is 1.69. The molecule has 1 atom stereocenters. The molecule has 0 fully saturated rings. The second-order valence-corrected chi connectivity index (χ2v) is 7.59. The Morgan fingerprint density at radius 2 is 1.31 bits per heavy atom. The van der Waals surface area contributed by atoms with Crippen LogP contribution < -0.4 is 0 Å². The van der Waals surface area contributed by atoms with Crippen LogP contribution in [0.1, 0.15) is 48.5 Å². The highest BCUT2D eigenvalue weighted by molar-refractivity contribution is 7.48. The Labute approximate surface area is 103 Å². The summed E-state index contributed by atoms with van der Waals surface area (Å²) in [6.45, 7) is 12.2. The molecule has 1 unspecified atom stereocenters. The smallest absolute Gasteiger partial charge is 0.281 e. The zero-order valence-electron chi connectivity index (χ0n) is 11.0. The summed E-state index contributed by atoms with van der Waals surface area (Å²) in [6.07, 6.45) is 0. The van der Waals surface area contributed by atoms with E-state index in [9.17, 15) is 4.57 Å². The first-order valence-corrected chi connectivity index (χ1v) is 7.07. The third-order valence-corrected chi connectivity index (χ3v) is 3.38. The Kier molecular flexibility index (Phi) is 5.50. The zero-order chi connectivity index (χ0) is 13.2. The molecular formula is C10H22ClO4P. The van der Waals surface area contributed by atoms with Crippen molar-refractivity contribution in [2.45, 2.75) is 65.2 Å². The van der Waals surface area contributed by atoms with Crippen LogP contribution in [0.15, 0.2) is 0 Å². The normalized spacial score (nSPS) is 16.2. The first-order chi connectivity index (χ1) is 6.83. The summed E-state index contributed by atoms with van der Waals surface area (Å²) in [5.41, 5.74) is -2.01. The average molecular weight is 273 g/mol. The molecule has 0 saturated heterocycles. The van der Waals surface area contributed by atoms with Crippen LogP contribution in [0, 0.1) is 0 Å². The molecule has 0 N–H and O–H groups in total. The first-order valence-electron chi connectivity index (χ1n) is 5.17. The number of halogens is 1. The van der Waals surface area contributed by atoms with Gasteiger partial charge in [-0.3, -0.25) is 13.6 Å². The minimum atomic E-state index is -3.65. The summed E-state index contributed by atoms with van der Waals surface area (Å²) in [7, 11) is -3.65. The summed E-state index contributed by atoms with van der Waals surface area (Å²) < 4.78 is 28.0. The third kappa shape index (κ3) is 8.54. The molecule has 0 amide bonds. The van der Waals surface area contributed by atoms with Crippen LogP contribution in [-0.4, -0.2) is 16.8 Å². The van der Waals surface area contributed by atoms with Gasteiger partial charge >= 0.3 is 7.82 Å². The van der Waals surface area contributed by atoms with E-state index >= 15 is 0 Å². The van der Waals surface area contributed by atoms with Crippen molar-refractivity contribution in [3.8, 4) is 0 Å². The van der Waals surface area contributed by atoms with Crippen molar-refractivity contribution >= 4 is 19.4 Å². The monoisotopic (exact) mass is 272 g/mol. The largest absolute Gasteiger partial charge is 0.477 e. The minimum Gasteiger partial charge on any atom is -0.281 e. The Morgan fingerprint density at radius 3 is 1.50 bits per heavy atom. The van der Waals surface area contributed by atoms with Gasteiger partial charge in [-0.15, -0.1) is 0 Å². The summed E-state index contributed by atoms with van der Waals surface area (Å²) in [6, 6.07) is 0. The summed E-state index contributed by atoms with van der Waals surface area (Å²) in [4.78, 5) is 0. The second kappa shape index (κ2) is 5.36. The lowest BCUT2D eigenvalue weighted by Crippen LogP contribution is -2.25. The minimum absolute atomic E-state index is 0.632. The maximum atomic E-state index is 12.3. The fourth-order valence-corrected chi connectivity index (χ4v) is 3.02. The number of phosphoric acid groups is 1. The molecule has 0 aromatic carbocycles. The van der Waals surface area contributed by atoms with Gasteiger partial charge in [-0.1, -0.05) is 11.6 Å². The molecule has 6 heteroatoms. The van der Waals surface area contributed by atoms with Crippen LogP contribution in [0.25, 0.3) is 0 Å². The van der Waals surface area contributed by atoms with Gasteiger partial charge in [0.1, 0.15) is 5.56 Å². The highest BCUT2D eigenvalue weighted by Crippen LogP contribution is 2.56. The molecule has 16 heavy (non-hydrogen) atoms. The van der Waals surface area contributed by atoms with Crippen LogP contribution >= 0.6 is 19.4 Å². The standard InChI is InChI=1S/C10H22ClO4P/c1-8(11)13-16(12,14-9(2,3)4)15-10(5,6)7/h8H,1-7H3. The van der Waals surface area contributed by atoms with E-state index in [0.717, 1.165) is 0 Å². The van der Waals surface area contributed by atoms with Gasteiger partial charge in [-0.25, -0.2) is 4.57 Å². The number of alkyl halides is 1. The predicted molar refractivity (Wildman–Crippen MR) is 65.7 cm³/mol. The molecule has 0 heterocycles. The van der Waals surface area contributed by atoms with Crippen molar-refractivity contribution in [1.82, 2.24) is 0 Å². The second-order valence-electron chi connectivity index (χ2n) is 5.50. The summed E-state index contributed by atoms with van der Waals surface area (Å²) >= 11 is 5.67. The fourth-order valence-electron chi connectivity index (χ4n) is 0.910. The van der Waals surface area contributed by atoms with Gasteiger partial charge in [0, 0.05) is 0 Å². The molecule has 0 bridgehead atoms. The quantitative estimate of drug-likeness (QED) is 0.564. The van der Waals surface area contributed by atoms with Gasteiger partial charge in [-0.2, -0.15) is 0 Å². The lowest BCUT2D eigenvalue weighted by molar-refractivity contribution is 0.000950. The van der Waals surface area contributed by atoms with Crippen LogP contribution in [0.4, 0.5) is 0 Å². The Hall–Kier alpha value is 0.400. The van der Waals surface area contributed by atoms with Crippen LogP contribution in [0.2, 0.25) is 0 Å². The molecule has 0 aromatic heterocycles. The van der Waals surface area contributed by atoms with Crippen molar-refractivity contribution in [3.63, 3.8) is 0 Å². The van der Waals surface area contributed by atoms with Crippen LogP contribution in [0.5, 0.6) is 0 Å². The van der Waals surface area contributed by atoms with E-state index in [-0.39, 0.29) is 0 Å².